The molecule has 1 aliphatic carbocycles. The summed E-state index contributed by atoms with van der Waals surface area (Å²) in [6.07, 6.45) is 7.16. The second kappa shape index (κ2) is 11.3. The molecular weight excluding hydrogens is 444 g/mol. The number of benzene rings is 3. The number of likely N-dealkylation sites (tertiary alicyclic amines) is 1. The van der Waals surface area contributed by atoms with Crippen LogP contribution in [0.4, 0.5) is 5.69 Å². The lowest BCUT2D eigenvalue weighted by Gasteiger charge is -2.45. The quantitative estimate of drug-likeness (QED) is 0.386. The largest absolute Gasteiger partial charge is 0.497 e. The highest BCUT2D eigenvalue weighted by Crippen LogP contribution is 2.38. The van der Waals surface area contributed by atoms with Gasteiger partial charge in [0.15, 0.2) is 0 Å². The van der Waals surface area contributed by atoms with Gasteiger partial charge in [-0.25, -0.2) is 0 Å². The van der Waals surface area contributed by atoms with Crippen LogP contribution in [0.2, 0.25) is 0 Å². The molecule has 3 aromatic carbocycles. The number of anilines is 1. The zero-order valence-electron chi connectivity index (χ0n) is 21.6. The van der Waals surface area contributed by atoms with Gasteiger partial charge >= 0.3 is 0 Å². The topological polar surface area (TPSA) is 32.8 Å². The van der Waals surface area contributed by atoms with Crippen LogP contribution in [0.15, 0.2) is 78.9 Å². The molecule has 0 N–H and O–H groups in total. The highest BCUT2D eigenvalue weighted by Gasteiger charge is 2.36. The lowest BCUT2D eigenvalue weighted by Crippen LogP contribution is -2.51. The fourth-order valence-corrected chi connectivity index (χ4v) is 6.29. The summed E-state index contributed by atoms with van der Waals surface area (Å²) in [7, 11) is 1.68. The van der Waals surface area contributed by atoms with Gasteiger partial charge < -0.3 is 9.64 Å². The number of piperidine rings is 1. The molecule has 5 rings (SSSR count). The van der Waals surface area contributed by atoms with Crippen molar-refractivity contribution in [3.8, 4) is 5.75 Å². The van der Waals surface area contributed by atoms with Crippen molar-refractivity contribution in [2.45, 2.75) is 63.5 Å². The predicted octanol–water partition coefficient (Wildman–Crippen LogP) is 6.84. The molecule has 1 amide bonds. The highest BCUT2D eigenvalue weighted by atomic mass is 16.5. The van der Waals surface area contributed by atoms with E-state index >= 15 is 0 Å². The van der Waals surface area contributed by atoms with Crippen LogP contribution in [0.3, 0.4) is 0 Å². The molecule has 0 bridgehead atoms. The van der Waals surface area contributed by atoms with Gasteiger partial charge in [0.1, 0.15) is 5.75 Å². The Bertz CT molecular complexity index is 1140. The molecule has 0 spiro atoms. The second-order valence-corrected chi connectivity index (χ2v) is 10.3. The molecular formula is C32H38N2O2. The minimum absolute atomic E-state index is 0.0940. The average Bonchev–Trinajstić information content (AvgIpc) is 2.94. The normalized spacial score (nSPS) is 21.2. The number of amides is 1. The number of nitrogens with zero attached hydrogens (tertiary/aromatic N) is 2. The van der Waals surface area contributed by atoms with E-state index in [2.05, 4.69) is 40.1 Å². The Morgan fingerprint density at radius 3 is 2.19 bits per heavy atom. The molecule has 0 radical (unpaired) electrons. The van der Waals surface area contributed by atoms with Crippen LogP contribution in [-0.4, -0.2) is 43.1 Å². The van der Waals surface area contributed by atoms with Crippen molar-refractivity contribution in [2.24, 2.45) is 0 Å². The monoisotopic (exact) mass is 482 g/mol. The van der Waals surface area contributed by atoms with Crippen LogP contribution < -0.4 is 9.64 Å². The third-order valence-corrected chi connectivity index (χ3v) is 8.24. The van der Waals surface area contributed by atoms with Crippen molar-refractivity contribution in [1.82, 2.24) is 4.90 Å². The summed E-state index contributed by atoms with van der Waals surface area (Å²) < 4.78 is 5.38. The maximum atomic E-state index is 13.9. The first-order valence-electron chi connectivity index (χ1n) is 13.5. The SMILES string of the molecule is COc1ccc(N(C(=O)c2ccccc2C)C2CCN(C3CCCCC3c3ccccc3)CC2)cc1. The van der Waals surface area contributed by atoms with Gasteiger partial charge in [0.2, 0.25) is 0 Å². The van der Waals surface area contributed by atoms with Crippen LogP contribution in [0.25, 0.3) is 0 Å². The van der Waals surface area contributed by atoms with E-state index in [0.717, 1.165) is 48.5 Å². The Morgan fingerprint density at radius 2 is 1.50 bits per heavy atom. The van der Waals surface area contributed by atoms with E-state index < -0.39 is 0 Å². The maximum Gasteiger partial charge on any atom is 0.258 e. The molecule has 0 aromatic heterocycles. The molecule has 2 unspecified atom stereocenters. The van der Waals surface area contributed by atoms with E-state index in [1.807, 2.05) is 55.5 Å². The molecule has 36 heavy (non-hydrogen) atoms. The number of hydrogen-bond acceptors (Lipinski definition) is 3. The van der Waals surface area contributed by atoms with E-state index in [-0.39, 0.29) is 11.9 Å². The number of ether oxygens (including phenoxy) is 1. The summed E-state index contributed by atoms with van der Waals surface area (Å²) in [5.74, 6) is 1.51. The number of carbonyl (C=O) groups is 1. The van der Waals surface area contributed by atoms with Gasteiger partial charge in [0.05, 0.1) is 7.11 Å². The lowest BCUT2D eigenvalue weighted by atomic mass is 9.78. The zero-order chi connectivity index (χ0) is 24.9. The molecule has 4 nitrogen and oxygen atoms in total. The first-order chi connectivity index (χ1) is 17.7. The second-order valence-electron chi connectivity index (χ2n) is 10.3. The van der Waals surface area contributed by atoms with Crippen molar-refractivity contribution >= 4 is 11.6 Å². The molecule has 3 aromatic rings. The van der Waals surface area contributed by atoms with Gasteiger partial charge in [-0.05, 0) is 80.0 Å². The standard InChI is InChI=1S/C32H38N2O2/c1-24-10-6-7-13-29(24)32(35)34(26-16-18-28(36-2)19-17-26)27-20-22-33(23-21-27)31-15-9-8-14-30(31)25-11-4-3-5-12-25/h3-7,10-13,16-19,27,30-31H,8-9,14-15,20-23H2,1-2H3. The van der Waals surface area contributed by atoms with Crippen molar-refractivity contribution in [3.05, 3.63) is 95.6 Å². The average molecular weight is 483 g/mol. The van der Waals surface area contributed by atoms with E-state index in [4.69, 9.17) is 4.74 Å². The molecule has 2 aliphatic rings. The van der Waals surface area contributed by atoms with Gasteiger partial charge in [-0.15, -0.1) is 0 Å². The van der Waals surface area contributed by atoms with Crippen molar-refractivity contribution in [1.29, 1.82) is 0 Å². The Labute approximate surface area is 215 Å². The van der Waals surface area contributed by atoms with Gasteiger partial charge in [-0.3, -0.25) is 9.69 Å². The molecule has 1 heterocycles. The van der Waals surface area contributed by atoms with Crippen LogP contribution in [0.1, 0.15) is 65.9 Å². The van der Waals surface area contributed by atoms with Gasteiger partial charge in [0.25, 0.3) is 5.91 Å². The molecule has 1 saturated heterocycles. The minimum atomic E-state index is 0.0940. The van der Waals surface area contributed by atoms with E-state index in [0.29, 0.717) is 12.0 Å². The first kappa shape index (κ1) is 24.6. The summed E-state index contributed by atoms with van der Waals surface area (Å²) in [6, 6.07) is 27.8. The summed E-state index contributed by atoms with van der Waals surface area (Å²) in [4.78, 5) is 18.7. The molecule has 188 valence electrons. The summed E-state index contributed by atoms with van der Waals surface area (Å²) in [5.41, 5.74) is 4.24. The number of carbonyl (C=O) groups excluding carboxylic acids is 1. The van der Waals surface area contributed by atoms with Crippen molar-refractivity contribution < 1.29 is 9.53 Å². The smallest absolute Gasteiger partial charge is 0.258 e. The molecule has 1 saturated carbocycles. The van der Waals surface area contributed by atoms with E-state index in [9.17, 15) is 4.79 Å². The van der Waals surface area contributed by atoms with Gasteiger partial charge in [0, 0.05) is 36.4 Å². The number of hydrogen-bond donors (Lipinski definition) is 0. The Hall–Kier alpha value is -3.11. The number of rotatable bonds is 6. The van der Waals surface area contributed by atoms with Crippen LogP contribution >= 0.6 is 0 Å². The molecule has 1 aliphatic heterocycles. The Kier molecular flexibility index (Phi) is 7.72. The molecule has 4 heteroatoms. The van der Waals surface area contributed by atoms with Crippen molar-refractivity contribution in [3.63, 3.8) is 0 Å². The summed E-state index contributed by atoms with van der Waals surface area (Å²) >= 11 is 0. The van der Waals surface area contributed by atoms with E-state index in [1.54, 1.807) is 7.11 Å². The van der Waals surface area contributed by atoms with Crippen LogP contribution in [0.5, 0.6) is 5.75 Å². The Morgan fingerprint density at radius 1 is 0.833 bits per heavy atom. The highest BCUT2D eigenvalue weighted by molar-refractivity contribution is 6.07. The third kappa shape index (κ3) is 5.19. The first-order valence-corrected chi connectivity index (χ1v) is 13.5. The predicted molar refractivity (Wildman–Crippen MR) is 147 cm³/mol. The van der Waals surface area contributed by atoms with Gasteiger partial charge in [-0.2, -0.15) is 0 Å². The molecule has 2 atom stereocenters. The summed E-state index contributed by atoms with van der Waals surface area (Å²) in [6.45, 7) is 4.09. The van der Waals surface area contributed by atoms with Crippen LogP contribution in [-0.2, 0) is 0 Å². The third-order valence-electron chi connectivity index (χ3n) is 8.24. The minimum Gasteiger partial charge on any atom is -0.497 e. The van der Waals surface area contributed by atoms with Crippen molar-refractivity contribution in [2.75, 3.05) is 25.1 Å². The lowest BCUT2D eigenvalue weighted by molar-refractivity contribution is 0.0894. The molecule has 2 fully saturated rings. The fraction of sp³-hybridized carbons (Fsp3) is 0.406. The summed E-state index contributed by atoms with van der Waals surface area (Å²) in [5, 5.41) is 0. The number of methoxy groups -OCH3 is 1. The Balaban J connectivity index is 1.36. The van der Waals surface area contributed by atoms with Gasteiger partial charge in [-0.1, -0.05) is 61.4 Å². The van der Waals surface area contributed by atoms with Crippen LogP contribution in [0, 0.1) is 6.92 Å². The van der Waals surface area contributed by atoms with E-state index in [1.165, 1.54) is 31.2 Å². The zero-order valence-corrected chi connectivity index (χ0v) is 21.6. The number of aryl methyl sites for hydroxylation is 1. The fourth-order valence-electron chi connectivity index (χ4n) is 6.29. The maximum absolute atomic E-state index is 13.9.